The molecular formula is C20H16N2O3S2. The summed E-state index contributed by atoms with van der Waals surface area (Å²) >= 11 is 1.33. The number of benzene rings is 3. The van der Waals surface area contributed by atoms with Gasteiger partial charge in [0.05, 0.1) is 15.1 Å². The molecule has 136 valence electrons. The molecule has 0 atom stereocenters. The van der Waals surface area contributed by atoms with Gasteiger partial charge < -0.3 is 5.32 Å². The number of hydrogen-bond donors (Lipinski definition) is 1. The van der Waals surface area contributed by atoms with E-state index in [0.717, 1.165) is 26.6 Å². The summed E-state index contributed by atoms with van der Waals surface area (Å²) in [6.07, 6.45) is 0. The highest BCUT2D eigenvalue weighted by molar-refractivity contribution is 7.92. The fourth-order valence-corrected chi connectivity index (χ4v) is 4.90. The summed E-state index contributed by atoms with van der Waals surface area (Å²) in [5.41, 5.74) is 1.76. The second kappa shape index (κ2) is 6.75. The summed E-state index contributed by atoms with van der Waals surface area (Å²) in [6, 6.07) is 18.3. The van der Waals surface area contributed by atoms with Crippen LogP contribution >= 0.6 is 11.3 Å². The number of fused-ring (bicyclic) bond motifs is 3. The fourth-order valence-electron chi connectivity index (χ4n) is 2.87. The Morgan fingerprint density at radius 2 is 1.78 bits per heavy atom. The lowest BCUT2D eigenvalue weighted by Crippen LogP contribution is -2.22. The monoisotopic (exact) mass is 396 g/mol. The molecule has 0 radical (unpaired) electrons. The van der Waals surface area contributed by atoms with Crippen LogP contribution in [0.5, 0.6) is 0 Å². The van der Waals surface area contributed by atoms with Gasteiger partial charge in [0.2, 0.25) is 5.91 Å². The van der Waals surface area contributed by atoms with Gasteiger partial charge in [-0.15, -0.1) is 0 Å². The maximum atomic E-state index is 12.4. The molecule has 0 unspecified atom stereocenters. The van der Waals surface area contributed by atoms with Gasteiger partial charge in [0.25, 0.3) is 0 Å². The summed E-state index contributed by atoms with van der Waals surface area (Å²) in [4.78, 5) is 16.9. The van der Waals surface area contributed by atoms with Crippen LogP contribution in [0.2, 0.25) is 0 Å². The van der Waals surface area contributed by atoms with Crippen LogP contribution in [0.1, 0.15) is 5.56 Å². The van der Waals surface area contributed by atoms with Gasteiger partial charge in [0.15, 0.2) is 15.0 Å². The zero-order chi connectivity index (χ0) is 19.0. The van der Waals surface area contributed by atoms with Crippen LogP contribution in [-0.4, -0.2) is 25.1 Å². The molecule has 27 heavy (non-hydrogen) atoms. The first kappa shape index (κ1) is 17.6. The van der Waals surface area contributed by atoms with Crippen LogP contribution < -0.4 is 5.32 Å². The van der Waals surface area contributed by atoms with Gasteiger partial charge in [-0.3, -0.25) is 4.79 Å². The average molecular weight is 396 g/mol. The molecule has 0 aliphatic rings. The third kappa shape index (κ3) is 3.56. The number of anilines is 1. The lowest BCUT2D eigenvalue weighted by molar-refractivity contribution is -0.113. The molecule has 1 amide bonds. The van der Waals surface area contributed by atoms with E-state index in [4.69, 9.17) is 0 Å². The van der Waals surface area contributed by atoms with Crippen molar-refractivity contribution in [3.63, 3.8) is 0 Å². The SMILES string of the molecule is Cc1ccc(S(=O)(=O)CC(=O)Nc2nc3c(ccc4ccccc43)s2)cc1. The Hall–Kier alpha value is -2.77. The predicted octanol–water partition coefficient (Wildman–Crippen LogP) is 4.17. The Morgan fingerprint density at radius 3 is 2.56 bits per heavy atom. The van der Waals surface area contributed by atoms with Crippen molar-refractivity contribution in [3.8, 4) is 0 Å². The molecule has 3 aromatic carbocycles. The van der Waals surface area contributed by atoms with Crippen LogP contribution in [0, 0.1) is 6.92 Å². The zero-order valence-corrected chi connectivity index (χ0v) is 16.1. The number of amides is 1. The fraction of sp³-hybridized carbons (Fsp3) is 0.100. The molecular weight excluding hydrogens is 380 g/mol. The number of hydrogen-bond acceptors (Lipinski definition) is 5. The molecule has 7 heteroatoms. The van der Waals surface area contributed by atoms with E-state index in [9.17, 15) is 13.2 Å². The second-order valence-electron chi connectivity index (χ2n) is 6.27. The Balaban J connectivity index is 1.57. The number of aryl methyl sites for hydroxylation is 1. The number of carbonyl (C=O) groups excluding carboxylic acids is 1. The van der Waals surface area contributed by atoms with Crippen molar-refractivity contribution in [3.05, 3.63) is 66.2 Å². The first-order valence-corrected chi connectivity index (χ1v) is 10.8. The molecule has 0 bridgehead atoms. The van der Waals surface area contributed by atoms with Crippen LogP contribution in [0.25, 0.3) is 21.0 Å². The van der Waals surface area contributed by atoms with Gasteiger partial charge in [-0.1, -0.05) is 59.4 Å². The molecule has 0 fully saturated rings. The van der Waals surface area contributed by atoms with E-state index >= 15 is 0 Å². The van der Waals surface area contributed by atoms with Gasteiger partial charge >= 0.3 is 0 Å². The third-order valence-electron chi connectivity index (χ3n) is 4.23. The lowest BCUT2D eigenvalue weighted by Gasteiger charge is -2.04. The van der Waals surface area contributed by atoms with Crippen molar-refractivity contribution in [2.24, 2.45) is 0 Å². The smallest absolute Gasteiger partial charge is 0.241 e. The Bertz CT molecular complexity index is 1260. The van der Waals surface area contributed by atoms with E-state index < -0.39 is 21.5 Å². The molecule has 0 saturated heterocycles. The number of carbonyl (C=O) groups is 1. The van der Waals surface area contributed by atoms with Gasteiger partial charge in [0, 0.05) is 5.39 Å². The molecule has 0 aliphatic carbocycles. The summed E-state index contributed by atoms with van der Waals surface area (Å²) < 4.78 is 25.8. The molecule has 4 aromatic rings. The number of nitrogens with one attached hydrogen (secondary N) is 1. The molecule has 0 spiro atoms. The van der Waals surface area contributed by atoms with E-state index in [1.807, 2.05) is 43.3 Å². The minimum absolute atomic E-state index is 0.138. The van der Waals surface area contributed by atoms with Crippen LogP contribution in [0.4, 0.5) is 5.13 Å². The summed E-state index contributed by atoms with van der Waals surface area (Å²) in [5, 5.41) is 5.08. The standard InChI is InChI=1S/C20H16N2O3S2/c1-13-6-9-15(10-7-13)27(24,25)12-18(23)21-20-22-19-16-5-3-2-4-14(16)8-11-17(19)26-20/h2-11H,12H2,1H3,(H,21,22,23). The summed E-state index contributed by atoms with van der Waals surface area (Å²) in [6.45, 7) is 1.87. The van der Waals surface area contributed by atoms with Crippen LogP contribution in [0.3, 0.4) is 0 Å². The Labute approximate surface area is 160 Å². The third-order valence-corrected chi connectivity index (χ3v) is 6.80. The molecule has 5 nitrogen and oxygen atoms in total. The van der Waals surface area contributed by atoms with E-state index in [1.54, 1.807) is 12.1 Å². The van der Waals surface area contributed by atoms with Gasteiger partial charge in [0.1, 0.15) is 5.75 Å². The molecule has 4 rings (SSSR count). The largest absolute Gasteiger partial charge is 0.301 e. The van der Waals surface area contributed by atoms with Gasteiger partial charge in [-0.2, -0.15) is 0 Å². The number of thiazole rings is 1. The van der Waals surface area contributed by atoms with E-state index in [0.29, 0.717) is 5.13 Å². The van der Waals surface area contributed by atoms with Crippen molar-refractivity contribution in [1.82, 2.24) is 4.98 Å². The zero-order valence-electron chi connectivity index (χ0n) is 14.5. The van der Waals surface area contributed by atoms with Crippen LogP contribution in [-0.2, 0) is 14.6 Å². The highest BCUT2D eigenvalue weighted by atomic mass is 32.2. The van der Waals surface area contributed by atoms with Gasteiger partial charge in [-0.05, 0) is 30.5 Å². The number of nitrogens with zero attached hydrogens (tertiary/aromatic N) is 1. The predicted molar refractivity (Wildman–Crippen MR) is 109 cm³/mol. The van der Waals surface area contributed by atoms with Crippen molar-refractivity contribution in [2.75, 3.05) is 11.1 Å². The molecule has 0 aliphatic heterocycles. The highest BCUT2D eigenvalue weighted by Crippen LogP contribution is 2.31. The van der Waals surface area contributed by atoms with Crippen molar-refractivity contribution in [2.45, 2.75) is 11.8 Å². The maximum absolute atomic E-state index is 12.4. The first-order chi connectivity index (χ1) is 12.9. The minimum atomic E-state index is -3.70. The Morgan fingerprint density at radius 1 is 1.04 bits per heavy atom. The summed E-state index contributed by atoms with van der Waals surface area (Å²) in [5.74, 6) is -1.22. The van der Waals surface area contributed by atoms with Crippen molar-refractivity contribution < 1.29 is 13.2 Å². The van der Waals surface area contributed by atoms with Crippen molar-refractivity contribution in [1.29, 1.82) is 0 Å². The van der Waals surface area contributed by atoms with E-state index in [1.165, 1.54) is 23.5 Å². The lowest BCUT2D eigenvalue weighted by atomic mass is 10.1. The van der Waals surface area contributed by atoms with E-state index in [2.05, 4.69) is 10.3 Å². The molecule has 0 saturated carbocycles. The first-order valence-electron chi connectivity index (χ1n) is 8.30. The minimum Gasteiger partial charge on any atom is -0.301 e. The number of sulfone groups is 1. The number of rotatable bonds is 4. The van der Waals surface area contributed by atoms with E-state index in [-0.39, 0.29) is 4.90 Å². The quantitative estimate of drug-likeness (QED) is 0.562. The molecule has 1 N–H and O–H groups in total. The number of aromatic nitrogens is 1. The second-order valence-corrected chi connectivity index (χ2v) is 9.29. The topological polar surface area (TPSA) is 76.1 Å². The van der Waals surface area contributed by atoms with Gasteiger partial charge in [-0.25, -0.2) is 13.4 Å². The Kier molecular flexibility index (Phi) is 4.41. The average Bonchev–Trinajstić information content (AvgIpc) is 3.04. The summed E-state index contributed by atoms with van der Waals surface area (Å²) in [7, 11) is -3.70. The van der Waals surface area contributed by atoms with Crippen LogP contribution in [0.15, 0.2) is 65.6 Å². The van der Waals surface area contributed by atoms with Crippen molar-refractivity contribution >= 4 is 53.2 Å². The molecule has 1 heterocycles. The maximum Gasteiger partial charge on any atom is 0.241 e. The molecule has 1 aromatic heterocycles. The highest BCUT2D eigenvalue weighted by Gasteiger charge is 2.20. The normalized spacial score (nSPS) is 11.7.